The summed E-state index contributed by atoms with van der Waals surface area (Å²) in [6.45, 7) is 6.31. The summed E-state index contributed by atoms with van der Waals surface area (Å²) in [4.78, 5) is 30.3. The third kappa shape index (κ3) is 4.56. The monoisotopic (exact) mass is 303 g/mol. The molecule has 1 aliphatic heterocycles. The zero-order chi connectivity index (χ0) is 15.9. The molecular formula is C17H25N3O2. The summed E-state index contributed by atoms with van der Waals surface area (Å²) >= 11 is 0. The smallest absolute Gasteiger partial charge is 0.232 e. The van der Waals surface area contributed by atoms with Crippen LogP contribution in [0, 0.1) is 0 Å². The molecule has 0 radical (unpaired) electrons. The molecule has 120 valence electrons. The quantitative estimate of drug-likeness (QED) is 0.768. The number of nitrogens with zero attached hydrogens (tertiary/aromatic N) is 3. The van der Waals surface area contributed by atoms with Gasteiger partial charge in [0.25, 0.3) is 0 Å². The molecule has 0 N–H and O–H groups in total. The Balaban J connectivity index is 1.87. The number of amides is 2. The average molecular weight is 303 g/mol. The Morgan fingerprint density at radius 1 is 1.09 bits per heavy atom. The fourth-order valence-corrected chi connectivity index (χ4v) is 2.59. The number of piperazine rings is 1. The van der Waals surface area contributed by atoms with Gasteiger partial charge in [-0.25, -0.2) is 0 Å². The molecule has 5 heteroatoms. The average Bonchev–Trinajstić information content (AvgIpc) is 2.54. The van der Waals surface area contributed by atoms with Gasteiger partial charge in [0.1, 0.15) is 6.42 Å². The number of hydrogen-bond acceptors (Lipinski definition) is 3. The van der Waals surface area contributed by atoms with Gasteiger partial charge in [0.15, 0.2) is 0 Å². The molecule has 22 heavy (non-hydrogen) atoms. The van der Waals surface area contributed by atoms with E-state index in [-0.39, 0.29) is 18.2 Å². The Morgan fingerprint density at radius 2 is 1.73 bits per heavy atom. The van der Waals surface area contributed by atoms with Gasteiger partial charge in [0.05, 0.1) is 0 Å². The second-order valence-corrected chi connectivity index (χ2v) is 5.75. The molecule has 1 aromatic rings. The fourth-order valence-electron chi connectivity index (χ4n) is 2.59. The van der Waals surface area contributed by atoms with Crippen molar-refractivity contribution >= 4 is 11.8 Å². The lowest BCUT2D eigenvalue weighted by Crippen LogP contribution is -2.48. The molecule has 0 aliphatic carbocycles. The minimum Gasteiger partial charge on any atom is -0.340 e. The molecule has 1 saturated heterocycles. The molecule has 2 rings (SSSR count). The third-order valence-electron chi connectivity index (χ3n) is 4.11. The van der Waals surface area contributed by atoms with Crippen LogP contribution in [0.15, 0.2) is 30.3 Å². The first-order valence-corrected chi connectivity index (χ1v) is 7.88. The Hall–Kier alpha value is -1.88. The molecule has 0 saturated carbocycles. The zero-order valence-corrected chi connectivity index (χ0v) is 13.5. The second kappa shape index (κ2) is 7.94. The van der Waals surface area contributed by atoms with Crippen LogP contribution in [0.2, 0.25) is 0 Å². The topological polar surface area (TPSA) is 43.9 Å². The van der Waals surface area contributed by atoms with E-state index in [1.807, 2.05) is 44.3 Å². The fraction of sp³-hybridized carbons (Fsp3) is 0.529. The van der Waals surface area contributed by atoms with E-state index in [0.717, 1.165) is 18.7 Å². The summed E-state index contributed by atoms with van der Waals surface area (Å²) < 4.78 is 0. The molecular weight excluding hydrogens is 278 g/mol. The third-order valence-corrected chi connectivity index (χ3v) is 4.11. The van der Waals surface area contributed by atoms with E-state index >= 15 is 0 Å². The van der Waals surface area contributed by atoms with Crippen LogP contribution in [0.4, 0.5) is 0 Å². The van der Waals surface area contributed by atoms with Crippen molar-refractivity contribution in [3.05, 3.63) is 35.9 Å². The Kier molecular flexibility index (Phi) is 5.95. The van der Waals surface area contributed by atoms with Crippen LogP contribution >= 0.6 is 0 Å². The lowest BCUT2D eigenvalue weighted by Gasteiger charge is -2.32. The summed E-state index contributed by atoms with van der Waals surface area (Å²) in [5.74, 6) is -0.139. The SMILES string of the molecule is CCN(Cc1ccccc1)C(=O)CC(=O)N1CCN(C)CC1. The van der Waals surface area contributed by atoms with Gasteiger partial charge >= 0.3 is 0 Å². The van der Waals surface area contributed by atoms with Crippen LogP contribution in [-0.2, 0) is 16.1 Å². The maximum Gasteiger partial charge on any atom is 0.232 e. The lowest BCUT2D eigenvalue weighted by molar-refractivity contribution is -0.141. The molecule has 1 heterocycles. The predicted octanol–water partition coefficient (Wildman–Crippen LogP) is 1.20. The molecule has 0 unspecified atom stereocenters. The van der Waals surface area contributed by atoms with Crippen molar-refractivity contribution < 1.29 is 9.59 Å². The zero-order valence-electron chi connectivity index (χ0n) is 13.5. The number of carbonyl (C=O) groups excluding carboxylic acids is 2. The van der Waals surface area contributed by atoms with E-state index in [0.29, 0.717) is 26.2 Å². The molecule has 0 spiro atoms. The van der Waals surface area contributed by atoms with Crippen molar-refractivity contribution in [3.63, 3.8) is 0 Å². The highest BCUT2D eigenvalue weighted by Gasteiger charge is 2.23. The summed E-state index contributed by atoms with van der Waals surface area (Å²) in [6, 6.07) is 9.88. The van der Waals surface area contributed by atoms with E-state index in [1.165, 1.54) is 0 Å². The number of rotatable bonds is 5. The van der Waals surface area contributed by atoms with Gasteiger partial charge in [-0.05, 0) is 19.5 Å². The van der Waals surface area contributed by atoms with E-state index in [4.69, 9.17) is 0 Å². The number of benzene rings is 1. The summed E-state index contributed by atoms with van der Waals surface area (Å²) in [5, 5.41) is 0. The van der Waals surface area contributed by atoms with E-state index in [2.05, 4.69) is 4.90 Å². The van der Waals surface area contributed by atoms with Crippen LogP contribution < -0.4 is 0 Å². The van der Waals surface area contributed by atoms with Crippen LogP contribution in [0.5, 0.6) is 0 Å². The van der Waals surface area contributed by atoms with Crippen molar-refractivity contribution in [2.45, 2.75) is 19.9 Å². The Morgan fingerprint density at radius 3 is 2.32 bits per heavy atom. The van der Waals surface area contributed by atoms with Crippen molar-refractivity contribution in [1.82, 2.24) is 14.7 Å². The molecule has 2 amide bonds. The van der Waals surface area contributed by atoms with Gasteiger partial charge in [-0.1, -0.05) is 30.3 Å². The summed E-state index contributed by atoms with van der Waals surface area (Å²) in [6.07, 6.45) is -0.0234. The highest BCUT2D eigenvalue weighted by atomic mass is 16.2. The highest BCUT2D eigenvalue weighted by Crippen LogP contribution is 2.08. The van der Waals surface area contributed by atoms with Gasteiger partial charge in [-0.15, -0.1) is 0 Å². The van der Waals surface area contributed by atoms with Crippen molar-refractivity contribution in [2.24, 2.45) is 0 Å². The van der Waals surface area contributed by atoms with Gasteiger partial charge in [-0.2, -0.15) is 0 Å². The standard InChI is InChI=1S/C17H25N3O2/c1-3-19(14-15-7-5-4-6-8-15)16(21)13-17(22)20-11-9-18(2)10-12-20/h4-8H,3,9-14H2,1-2H3. The summed E-state index contributed by atoms with van der Waals surface area (Å²) in [7, 11) is 2.05. The van der Waals surface area contributed by atoms with Crippen LogP contribution in [0.3, 0.4) is 0 Å². The predicted molar refractivity (Wildman–Crippen MR) is 86.2 cm³/mol. The molecule has 0 aromatic heterocycles. The van der Waals surface area contributed by atoms with E-state index in [9.17, 15) is 9.59 Å². The maximum atomic E-state index is 12.4. The first kappa shape index (κ1) is 16.5. The van der Waals surface area contributed by atoms with E-state index < -0.39 is 0 Å². The second-order valence-electron chi connectivity index (χ2n) is 5.75. The van der Waals surface area contributed by atoms with Crippen LogP contribution in [0.25, 0.3) is 0 Å². The van der Waals surface area contributed by atoms with Crippen LogP contribution in [0.1, 0.15) is 18.9 Å². The Bertz CT molecular complexity index is 496. The van der Waals surface area contributed by atoms with E-state index in [1.54, 1.807) is 9.80 Å². The first-order valence-electron chi connectivity index (χ1n) is 7.88. The minimum absolute atomic E-state index is 0.0234. The van der Waals surface area contributed by atoms with Crippen LogP contribution in [-0.4, -0.2) is 66.3 Å². The molecule has 0 atom stereocenters. The van der Waals surface area contributed by atoms with Crippen molar-refractivity contribution in [3.8, 4) is 0 Å². The molecule has 1 aliphatic rings. The molecule has 1 aromatic carbocycles. The van der Waals surface area contributed by atoms with Gasteiger partial charge in [0.2, 0.25) is 11.8 Å². The lowest BCUT2D eigenvalue weighted by atomic mass is 10.2. The van der Waals surface area contributed by atoms with Gasteiger partial charge in [-0.3, -0.25) is 9.59 Å². The molecule has 0 bridgehead atoms. The molecule has 5 nitrogen and oxygen atoms in total. The largest absolute Gasteiger partial charge is 0.340 e. The molecule has 1 fully saturated rings. The van der Waals surface area contributed by atoms with Gasteiger partial charge < -0.3 is 14.7 Å². The number of hydrogen-bond donors (Lipinski definition) is 0. The minimum atomic E-state index is -0.0877. The number of likely N-dealkylation sites (N-methyl/N-ethyl adjacent to an activating group) is 1. The van der Waals surface area contributed by atoms with Crippen molar-refractivity contribution in [2.75, 3.05) is 39.8 Å². The summed E-state index contributed by atoms with van der Waals surface area (Å²) in [5.41, 5.74) is 1.09. The Labute approximate surface area is 132 Å². The maximum absolute atomic E-state index is 12.4. The number of carbonyl (C=O) groups is 2. The first-order chi connectivity index (χ1) is 10.6. The van der Waals surface area contributed by atoms with Crippen molar-refractivity contribution in [1.29, 1.82) is 0 Å². The highest BCUT2D eigenvalue weighted by molar-refractivity contribution is 5.96. The normalized spacial score (nSPS) is 15.6. The van der Waals surface area contributed by atoms with Gasteiger partial charge in [0, 0.05) is 39.3 Å².